The van der Waals surface area contributed by atoms with Gasteiger partial charge in [0.2, 0.25) is 0 Å². The second-order valence-corrected chi connectivity index (χ2v) is 7.01. The van der Waals surface area contributed by atoms with Crippen LogP contribution < -0.4 is 14.8 Å². The van der Waals surface area contributed by atoms with Crippen LogP contribution in [0.5, 0.6) is 5.75 Å². The van der Waals surface area contributed by atoms with Crippen molar-refractivity contribution in [2.24, 2.45) is 0 Å². The van der Waals surface area contributed by atoms with Crippen LogP contribution in [0.25, 0.3) is 0 Å². The quantitative estimate of drug-likeness (QED) is 0.621. The number of ether oxygens (including phenoxy) is 1. The van der Waals surface area contributed by atoms with E-state index in [0.717, 1.165) is 0 Å². The maximum Gasteiger partial charge on any atom is 0.262 e. The number of aliphatic hydroxyl groups is 1. The Balaban J connectivity index is 2.12. The molecule has 24 heavy (non-hydrogen) atoms. The molecule has 0 amide bonds. The van der Waals surface area contributed by atoms with Gasteiger partial charge >= 0.3 is 0 Å². The lowest BCUT2D eigenvalue weighted by atomic mass is 10.3. The highest BCUT2D eigenvalue weighted by atomic mass is 35.5. The fourth-order valence-electron chi connectivity index (χ4n) is 1.97. The minimum absolute atomic E-state index is 0.122. The van der Waals surface area contributed by atoms with Gasteiger partial charge < -0.3 is 15.2 Å². The highest BCUT2D eigenvalue weighted by molar-refractivity contribution is 7.92. The largest absolute Gasteiger partial charge is 0.495 e. The molecule has 3 N–H and O–H groups in total. The summed E-state index contributed by atoms with van der Waals surface area (Å²) < 4.78 is 32.5. The predicted molar refractivity (Wildman–Crippen MR) is 95.5 cm³/mol. The Hall–Kier alpha value is -1.96. The topological polar surface area (TPSA) is 87.7 Å². The molecule has 130 valence electrons. The number of para-hydroxylation sites is 2. The van der Waals surface area contributed by atoms with Crippen LogP contribution >= 0.6 is 11.6 Å². The third-order valence-corrected chi connectivity index (χ3v) is 4.97. The number of aliphatic hydroxyl groups excluding tert-OH is 1. The van der Waals surface area contributed by atoms with Crippen molar-refractivity contribution in [3.8, 4) is 5.75 Å². The molecule has 0 saturated carbocycles. The first kappa shape index (κ1) is 18.4. The van der Waals surface area contributed by atoms with Crippen LogP contribution in [-0.2, 0) is 10.0 Å². The molecular weight excluding hydrogens is 352 g/mol. The first-order chi connectivity index (χ1) is 11.5. The fourth-order valence-corrected chi connectivity index (χ4v) is 3.15. The first-order valence-electron chi connectivity index (χ1n) is 7.20. The maximum atomic E-state index is 12.4. The van der Waals surface area contributed by atoms with E-state index in [1.54, 1.807) is 36.4 Å². The third kappa shape index (κ3) is 4.77. The van der Waals surface area contributed by atoms with Gasteiger partial charge in [-0.25, -0.2) is 8.42 Å². The van der Waals surface area contributed by atoms with E-state index in [0.29, 0.717) is 17.1 Å². The van der Waals surface area contributed by atoms with Gasteiger partial charge in [-0.2, -0.15) is 0 Å². The number of alkyl halides is 1. The number of anilines is 2. The number of hydrogen-bond acceptors (Lipinski definition) is 5. The van der Waals surface area contributed by atoms with Gasteiger partial charge in [0.15, 0.2) is 0 Å². The summed E-state index contributed by atoms with van der Waals surface area (Å²) in [7, 11) is -2.25. The summed E-state index contributed by atoms with van der Waals surface area (Å²) >= 11 is 5.52. The predicted octanol–water partition coefficient (Wildman–Crippen LogP) is 2.51. The average molecular weight is 371 g/mol. The Labute approximate surface area is 146 Å². The lowest BCUT2D eigenvalue weighted by Crippen LogP contribution is -2.20. The van der Waals surface area contributed by atoms with Crippen molar-refractivity contribution in [2.75, 3.05) is 29.6 Å². The lowest BCUT2D eigenvalue weighted by molar-refractivity contribution is 0.211. The van der Waals surface area contributed by atoms with E-state index >= 15 is 0 Å². The average Bonchev–Trinajstić information content (AvgIpc) is 2.60. The van der Waals surface area contributed by atoms with Crippen molar-refractivity contribution in [1.29, 1.82) is 0 Å². The van der Waals surface area contributed by atoms with Gasteiger partial charge in [-0.3, -0.25) is 4.72 Å². The molecule has 2 rings (SSSR count). The maximum absolute atomic E-state index is 12.4. The lowest BCUT2D eigenvalue weighted by Gasteiger charge is -2.13. The zero-order valence-corrected chi connectivity index (χ0v) is 14.6. The molecule has 0 aliphatic heterocycles. The SMILES string of the molecule is COc1ccccc1NS(=O)(=O)c1ccc(NCC(O)CCl)cc1. The number of hydrogen-bond donors (Lipinski definition) is 3. The van der Waals surface area contributed by atoms with Crippen molar-refractivity contribution in [2.45, 2.75) is 11.0 Å². The Bertz CT molecular complexity index is 766. The summed E-state index contributed by atoms with van der Waals surface area (Å²) in [6.07, 6.45) is -0.665. The van der Waals surface area contributed by atoms with Crippen molar-refractivity contribution in [3.63, 3.8) is 0 Å². The highest BCUT2D eigenvalue weighted by Gasteiger charge is 2.16. The molecule has 2 aromatic rings. The standard InChI is InChI=1S/C16H19ClN2O4S/c1-23-16-5-3-2-4-15(16)19-24(21,22)14-8-6-12(7-9-14)18-11-13(20)10-17/h2-9,13,18-20H,10-11H2,1H3. The van der Waals surface area contributed by atoms with Crippen LogP contribution in [0.2, 0.25) is 0 Å². The van der Waals surface area contributed by atoms with E-state index in [4.69, 9.17) is 16.3 Å². The highest BCUT2D eigenvalue weighted by Crippen LogP contribution is 2.26. The van der Waals surface area contributed by atoms with E-state index in [1.165, 1.54) is 19.2 Å². The summed E-state index contributed by atoms with van der Waals surface area (Å²) in [5.41, 5.74) is 1.06. The monoisotopic (exact) mass is 370 g/mol. The molecular formula is C16H19ClN2O4S. The number of benzene rings is 2. The minimum atomic E-state index is -3.73. The van der Waals surface area contributed by atoms with E-state index < -0.39 is 16.1 Å². The van der Waals surface area contributed by atoms with E-state index in [9.17, 15) is 13.5 Å². The number of sulfonamides is 1. The molecule has 2 aromatic carbocycles. The van der Waals surface area contributed by atoms with Crippen LogP contribution in [0.3, 0.4) is 0 Å². The van der Waals surface area contributed by atoms with E-state index in [1.807, 2.05) is 0 Å². The summed E-state index contributed by atoms with van der Waals surface area (Å²) in [5.74, 6) is 0.567. The van der Waals surface area contributed by atoms with Crippen LogP contribution in [-0.4, -0.2) is 39.2 Å². The fraction of sp³-hybridized carbons (Fsp3) is 0.250. The number of methoxy groups -OCH3 is 1. The normalized spacial score (nSPS) is 12.5. The summed E-state index contributed by atoms with van der Waals surface area (Å²) in [4.78, 5) is 0.122. The Morgan fingerprint density at radius 2 is 1.83 bits per heavy atom. The van der Waals surface area contributed by atoms with Gasteiger partial charge in [0.05, 0.1) is 29.7 Å². The molecule has 1 unspecified atom stereocenters. The molecule has 0 saturated heterocycles. The van der Waals surface area contributed by atoms with Crippen molar-refractivity contribution in [3.05, 3.63) is 48.5 Å². The summed E-state index contributed by atoms with van der Waals surface area (Å²) in [5, 5.41) is 12.4. The Kier molecular flexibility index (Phi) is 6.30. The van der Waals surface area contributed by atoms with Gasteiger partial charge in [0, 0.05) is 12.2 Å². The number of rotatable bonds is 8. The molecule has 1 atom stereocenters. The second-order valence-electron chi connectivity index (χ2n) is 5.02. The van der Waals surface area contributed by atoms with Crippen molar-refractivity contribution in [1.82, 2.24) is 0 Å². The van der Waals surface area contributed by atoms with Gasteiger partial charge in [-0.1, -0.05) is 12.1 Å². The van der Waals surface area contributed by atoms with Gasteiger partial charge in [-0.15, -0.1) is 11.6 Å². The smallest absolute Gasteiger partial charge is 0.262 e. The zero-order valence-electron chi connectivity index (χ0n) is 13.1. The van der Waals surface area contributed by atoms with Crippen LogP contribution in [0, 0.1) is 0 Å². The molecule has 0 heterocycles. The molecule has 0 spiro atoms. The first-order valence-corrected chi connectivity index (χ1v) is 9.22. The van der Waals surface area contributed by atoms with Gasteiger partial charge in [0.1, 0.15) is 5.75 Å². The molecule has 0 fully saturated rings. The Morgan fingerprint density at radius 3 is 2.46 bits per heavy atom. The van der Waals surface area contributed by atoms with Crippen LogP contribution in [0.4, 0.5) is 11.4 Å². The van der Waals surface area contributed by atoms with Crippen molar-refractivity contribution < 1.29 is 18.3 Å². The molecule has 8 heteroatoms. The van der Waals surface area contributed by atoms with Crippen LogP contribution in [0.1, 0.15) is 0 Å². The van der Waals surface area contributed by atoms with Gasteiger partial charge in [-0.05, 0) is 36.4 Å². The van der Waals surface area contributed by atoms with Gasteiger partial charge in [0.25, 0.3) is 10.0 Å². The van der Waals surface area contributed by atoms with Crippen LogP contribution in [0.15, 0.2) is 53.4 Å². The molecule has 0 aliphatic carbocycles. The molecule has 0 radical (unpaired) electrons. The number of nitrogens with one attached hydrogen (secondary N) is 2. The molecule has 0 aromatic heterocycles. The van der Waals surface area contributed by atoms with E-state index in [2.05, 4.69) is 10.0 Å². The summed E-state index contributed by atoms with van der Waals surface area (Å²) in [6.45, 7) is 0.287. The molecule has 0 aliphatic rings. The summed E-state index contributed by atoms with van der Waals surface area (Å²) in [6, 6.07) is 13.0. The zero-order chi connectivity index (χ0) is 17.6. The Morgan fingerprint density at radius 1 is 1.17 bits per heavy atom. The third-order valence-electron chi connectivity index (χ3n) is 3.24. The van der Waals surface area contributed by atoms with E-state index in [-0.39, 0.29) is 17.3 Å². The molecule has 6 nitrogen and oxygen atoms in total. The minimum Gasteiger partial charge on any atom is -0.495 e. The van der Waals surface area contributed by atoms with Crippen molar-refractivity contribution >= 4 is 33.0 Å². The number of halogens is 1. The second kappa shape index (κ2) is 8.23. The molecule has 0 bridgehead atoms.